The van der Waals surface area contributed by atoms with Gasteiger partial charge in [0, 0.05) is 12.8 Å². The topological polar surface area (TPSA) is 22.1 Å². The van der Waals surface area contributed by atoms with Gasteiger partial charge in [0.2, 0.25) is 0 Å². The molecule has 2 rings (SSSR count). The highest BCUT2D eigenvalue weighted by molar-refractivity contribution is 5.60. The lowest BCUT2D eigenvalue weighted by molar-refractivity contribution is 0.0155. The van der Waals surface area contributed by atoms with E-state index in [9.17, 15) is 0 Å². The van der Waals surface area contributed by atoms with Gasteiger partial charge in [0.1, 0.15) is 0 Å². The number of nitrogens with zero attached hydrogens (tertiary/aromatic N) is 4. The lowest BCUT2D eigenvalue weighted by Crippen LogP contribution is -2.52. The van der Waals surface area contributed by atoms with Crippen LogP contribution in [0.15, 0.2) is 35.4 Å². The van der Waals surface area contributed by atoms with E-state index in [1.165, 1.54) is 37.8 Å². The van der Waals surface area contributed by atoms with E-state index in [1.807, 2.05) is 0 Å². The van der Waals surface area contributed by atoms with Crippen LogP contribution in [0.4, 0.5) is 5.69 Å². The Morgan fingerprint density at radius 3 is 2.19 bits per heavy atom. The number of hydrogen-bond donors (Lipinski definition) is 0. The summed E-state index contributed by atoms with van der Waals surface area (Å²) >= 11 is 0. The third-order valence-electron chi connectivity index (χ3n) is 6.11. The van der Waals surface area contributed by atoms with Crippen molar-refractivity contribution >= 4 is 11.9 Å². The summed E-state index contributed by atoms with van der Waals surface area (Å²) in [4.78, 5) is 4.58. The summed E-state index contributed by atoms with van der Waals surface area (Å²) in [6.45, 7) is 3.33. The zero-order chi connectivity index (χ0) is 19.0. The minimum absolute atomic E-state index is 0.0486. The van der Waals surface area contributed by atoms with E-state index < -0.39 is 0 Å². The van der Waals surface area contributed by atoms with E-state index in [-0.39, 0.29) is 5.66 Å². The van der Waals surface area contributed by atoms with E-state index in [1.54, 1.807) is 0 Å². The monoisotopic (exact) mass is 358 g/mol. The Balaban J connectivity index is 2.00. The van der Waals surface area contributed by atoms with Crippen molar-refractivity contribution in [3.05, 3.63) is 30.3 Å². The first kappa shape index (κ1) is 20.9. The predicted octanol–water partition coefficient (Wildman–Crippen LogP) is 4.68. The van der Waals surface area contributed by atoms with Crippen LogP contribution in [0, 0.1) is 5.92 Å². The van der Waals surface area contributed by atoms with Gasteiger partial charge in [0.05, 0.1) is 11.4 Å². The summed E-state index contributed by atoms with van der Waals surface area (Å²) in [6.07, 6.45) is 11.0. The molecule has 0 atom stereocenters. The number of benzene rings is 1. The van der Waals surface area contributed by atoms with Gasteiger partial charge in [-0.1, -0.05) is 37.5 Å². The van der Waals surface area contributed by atoms with Crippen molar-refractivity contribution in [2.45, 2.75) is 57.5 Å². The van der Waals surface area contributed by atoms with Crippen LogP contribution in [0.5, 0.6) is 0 Å². The average Bonchev–Trinajstić information content (AvgIpc) is 2.65. The van der Waals surface area contributed by atoms with E-state index in [0.717, 1.165) is 25.3 Å². The predicted molar refractivity (Wildman–Crippen MR) is 114 cm³/mol. The van der Waals surface area contributed by atoms with E-state index in [4.69, 9.17) is 5.10 Å². The van der Waals surface area contributed by atoms with Gasteiger partial charge in [-0.2, -0.15) is 5.10 Å². The van der Waals surface area contributed by atoms with Gasteiger partial charge in [-0.15, -0.1) is 0 Å². The molecular weight excluding hydrogens is 320 g/mol. The molecule has 26 heavy (non-hydrogen) atoms. The third kappa shape index (κ3) is 5.82. The fourth-order valence-corrected chi connectivity index (χ4v) is 3.78. The Hall–Kier alpha value is -1.39. The lowest BCUT2D eigenvalue weighted by atomic mass is 9.89. The Bertz CT molecular complexity index is 524. The SMILES string of the molecule is CN(C)C(C)(CC/C=N\N(CC1CCCCC1)c1ccccc1)N(C)C. The van der Waals surface area contributed by atoms with Crippen LogP contribution in [0.25, 0.3) is 0 Å². The third-order valence-corrected chi connectivity index (χ3v) is 6.11. The molecule has 0 radical (unpaired) electrons. The zero-order valence-corrected chi connectivity index (χ0v) is 17.5. The van der Waals surface area contributed by atoms with Crippen LogP contribution in [0.2, 0.25) is 0 Å². The van der Waals surface area contributed by atoms with Crippen molar-refractivity contribution in [2.24, 2.45) is 11.0 Å². The second-order valence-electron chi connectivity index (χ2n) is 8.26. The molecule has 0 spiro atoms. The van der Waals surface area contributed by atoms with Gasteiger partial charge in [-0.05, 0) is 78.8 Å². The highest BCUT2D eigenvalue weighted by Gasteiger charge is 2.28. The molecule has 1 aliphatic carbocycles. The van der Waals surface area contributed by atoms with Crippen LogP contribution in [0.1, 0.15) is 51.9 Å². The Morgan fingerprint density at radius 1 is 1.00 bits per heavy atom. The summed E-state index contributed by atoms with van der Waals surface area (Å²) in [5.41, 5.74) is 1.25. The van der Waals surface area contributed by atoms with E-state index in [0.29, 0.717) is 0 Å². The molecule has 0 aromatic heterocycles. The summed E-state index contributed by atoms with van der Waals surface area (Å²) in [7, 11) is 8.60. The molecule has 4 nitrogen and oxygen atoms in total. The normalized spacial score (nSPS) is 16.7. The van der Waals surface area contributed by atoms with Crippen molar-refractivity contribution in [2.75, 3.05) is 39.7 Å². The molecular formula is C22H38N4. The fourth-order valence-electron chi connectivity index (χ4n) is 3.78. The summed E-state index contributed by atoms with van der Waals surface area (Å²) in [5.74, 6) is 0.773. The fraction of sp³-hybridized carbons (Fsp3) is 0.682. The molecule has 0 heterocycles. The minimum Gasteiger partial charge on any atom is -0.292 e. The first-order valence-electron chi connectivity index (χ1n) is 10.1. The summed E-state index contributed by atoms with van der Waals surface area (Å²) in [5, 5.41) is 7.10. The van der Waals surface area contributed by atoms with Crippen molar-refractivity contribution in [3.8, 4) is 0 Å². The molecule has 146 valence electrons. The van der Waals surface area contributed by atoms with E-state index in [2.05, 4.69) is 86.5 Å². The molecule has 0 bridgehead atoms. The van der Waals surface area contributed by atoms with Gasteiger partial charge < -0.3 is 0 Å². The maximum Gasteiger partial charge on any atom is 0.0702 e. The van der Waals surface area contributed by atoms with Gasteiger partial charge >= 0.3 is 0 Å². The molecule has 1 fully saturated rings. The lowest BCUT2D eigenvalue weighted by Gasteiger charge is -2.42. The summed E-state index contributed by atoms with van der Waals surface area (Å²) in [6, 6.07) is 10.6. The highest BCUT2D eigenvalue weighted by atomic mass is 15.4. The van der Waals surface area contributed by atoms with Crippen molar-refractivity contribution in [3.63, 3.8) is 0 Å². The second kappa shape index (κ2) is 10.1. The Labute approximate surface area is 160 Å². The molecule has 0 unspecified atom stereocenters. The van der Waals surface area contributed by atoms with Gasteiger partial charge in [-0.25, -0.2) is 0 Å². The standard InChI is InChI=1S/C22H38N4/c1-22(24(2)3,25(4)5)17-12-18-23-26(21-15-10-7-11-16-21)19-20-13-8-6-9-14-20/h7,10-11,15-16,18,20H,6,8-9,12-14,17,19H2,1-5H3/b23-18-. The quantitative estimate of drug-likeness (QED) is 0.363. The van der Waals surface area contributed by atoms with Crippen LogP contribution in [0.3, 0.4) is 0 Å². The Morgan fingerprint density at radius 2 is 1.62 bits per heavy atom. The maximum absolute atomic E-state index is 4.88. The largest absolute Gasteiger partial charge is 0.292 e. The van der Waals surface area contributed by atoms with Gasteiger partial charge in [0.25, 0.3) is 0 Å². The molecule has 0 saturated heterocycles. The van der Waals surface area contributed by atoms with E-state index >= 15 is 0 Å². The molecule has 1 aromatic carbocycles. The highest BCUT2D eigenvalue weighted by Crippen LogP contribution is 2.27. The molecule has 0 N–H and O–H groups in total. The molecule has 4 heteroatoms. The molecule has 1 aliphatic rings. The van der Waals surface area contributed by atoms with Crippen molar-refractivity contribution in [1.82, 2.24) is 9.80 Å². The smallest absolute Gasteiger partial charge is 0.0702 e. The van der Waals surface area contributed by atoms with Gasteiger partial charge in [-0.3, -0.25) is 14.8 Å². The van der Waals surface area contributed by atoms with Crippen LogP contribution < -0.4 is 5.01 Å². The molecule has 1 saturated carbocycles. The number of anilines is 1. The van der Waals surface area contributed by atoms with Gasteiger partial charge in [0.15, 0.2) is 0 Å². The molecule has 0 aliphatic heterocycles. The second-order valence-corrected chi connectivity index (χ2v) is 8.26. The number of hydrogen-bond acceptors (Lipinski definition) is 4. The molecule has 1 aromatic rings. The minimum atomic E-state index is 0.0486. The van der Waals surface area contributed by atoms with Crippen molar-refractivity contribution in [1.29, 1.82) is 0 Å². The zero-order valence-electron chi connectivity index (χ0n) is 17.5. The number of rotatable bonds is 9. The Kier molecular flexibility index (Phi) is 8.11. The maximum atomic E-state index is 4.88. The first-order chi connectivity index (χ1) is 12.4. The number of para-hydroxylation sites is 1. The number of hydrazone groups is 1. The molecule has 0 amide bonds. The summed E-state index contributed by atoms with van der Waals surface area (Å²) < 4.78 is 0. The van der Waals surface area contributed by atoms with Crippen LogP contribution in [-0.4, -0.2) is 56.4 Å². The first-order valence-corrected chi connectivity index (χ1v) is 10.1. The van der Waals surface area contributed by atoms with Crippen LogP contribution in [-0.2, 0) is 0 Å². The van der Waals surface area contributed by atoms with Crippen molar-refractivity contribution < 1.29 is 0 Å². The van der Waals surface area contributed by atoms with Crippen LogP contribution >= 0.6 is 0 Å². The average molecular weight is 359 g/mol.